The lowest BCUT2D eigenvalue weighted by Crippen LogP contribution is -2.47. The van der Waals surface area contributed by atoms with Gasteiger partial charge in [-0.3, -0.25) is 4.90 Å². The molecule has 3 atom stereocenters. The maximum Gasteiger partial charge on any atom is 0.410 e. The van der Waals surface area contributed by atoms with Crippen molar-refractivity contribution in [1.29, 1.82) is 0 Å². The molecule has 1 heterocycles. The predicted molar refractivity (Wildman–Crippen MR) is 109 cm³/mol. The summed E-state index contributed by atoms with van der Waals surface area (Å²) >= 11 is 0. The van der Waals surface area contributed by atoms with E-state index in [0.29, 0.717) is 19.4 Å². The quantitative estimate of drug-likeness (QED) is 0.366. The second-order valence-corrected chi connectivity index (χ2v) is 7.05. The third kappa shape index (κ3) is 5.98. The van der Waals surface area contributed by atoms with Crippen LogP contribution in [-0.4, -0.2) is 29.2 Å². The lowest BCUT2D eigenvalue weighted by Gasteiger charge is -2.37. The van der Waals surface area contributed by atoms with Gasteiger partial charge < -0.3 is 9.47 Å². The summed E-state index contributed by atoms with van der Waals surface area (Å²) in [5.41, 5.74) is 10.5. The van der Waals surface area contributed by atoms with Crippen molar-refractivity contribution in [3.63, 3.8) is 0 Å². The van der Waals surface area contributed by atoms with Gasteiger partial charge in [-0.05, 0) is 36.4 Å². The van der Waals surface area contributed by atoms with Crippen molar-refractivity contribution in [3.8, 4) is 0 Å². The first-order chi connectivity index (χ1) is 14.2. The normalized spacial score (nSPS) is 19.6. The van der Waals surface area contributed by atoms with Gasteiger partial charge in [0.05, 0.1) is 24.8 Å². The molecule has 0 aromatic heterocycles. The highest BCUT2D eigenvalue weighted by Gasteiger charge is 2.32. The summed E-state index contributed by atoms with van der Waals surface area (Å²) in [5.74, 6) is 0. The van der Waals surface area contributed by atoms with E-state index in [-0.39, 0.29) is 30.9 Å². The summed E-state index contributed by atoms with van der Waals surface area (Å²) in [4.78, 5) is 17.5. The molecule has 0 bridgehead atoms. The van der Waals surface area contributed by atoms with Crippen molar-refractivity contribution >= 4 is 6.09 Å². The van der Waals surface area contributed by atoms with E-state index in [0.717, 1.165) is 11.1 Å². The molecule has 0 spiro atoms. The Morgan fingerprint density at radius 2 is 1.83 bits per heavy atom. The highest BCUT2D eigenvalue weighted by Crippen LogP contribution is 2.25. The standard InChI is InChI=1S/C22H25N4O3/c1-17(21-13-12-20(16-28-21)24-25-23)26(14-18-8-4-2-5-9-18)22(27)29-15-19-10-6-3-7-11-19/h2-11,16-17,20-21H,12-15H2,1H3/t17-,20-,21+/m1/s1. The van der Waals surface area contributed by atoms with Crippen molar-refractivity contribution in [2.24, 2.45) is 5.11 Å². The first-order valence-corrected chi connectivity index (χ1v) is 9.71. The van der Waals surface area contributed by atoms with Crippen molar-refractivity contribution in [2.75, 3.05) is 0 Å². The number of carbonyl (C=O) groups is 1. The SMILES string of the molecule is C[C@H]([C@@H]1CC[C@@H](N=[N+]=[N-])[CH]O1)N(Cc1ccccc1)C(=O)OCc1ccccc1. The second kappa shape index (κ2) is 10.5. The van der Waals surface area contributed by atoms with Crippen LogP contribution in [0.5, 0.6) is 0 Å². The lowest BCUT2D eigenvalue weighted by atomic mass is 9.99. The van der Waals surface area contributed by atoms with Gasteiger partial charge in [0.2, 0.25) is 0 Å². The van der Waals surface area contributed by atoms with Gasteiger partial charge in [0, 0.05) is 11.5 Å². The van der Waals surface area contributed by atoms with Crippen molar-refractivity contribution in [3.05, 3.63) is 88.8 Å². The first kappa shape index (κ1) is 20.7. The Hall–Kier alpha value is -3.02. The van der Waals surface area contributed by atoms with Crippen molar-refractivity contribution in [2.45, 2.75) is 51.1 Å². The number of hydrogen-bond acceptors (Lipinski definition) is 4. The van der Waals surface area contributed by atoms with Gasteiger partial charge in [-0.15, -0.1) is 0 Å². The van der Waals surface area contributed by atoms with Crippen LogP contribution in [0, 0.1) is 6.61 Å². The molecule has 1 amide bonds. The summed E-state index contributed by atoms with van der Waals surface area (Å²) < 4.78 is 11.4. The molecule has 1 saturated heterocycles. The van der Waals surface area contributed by atoms with Gasteiger partial charge in [-0.1, -0.05) is 65.8 Å². The van der Waals surface area contributed by atoms with E-state index >= 15 is 0 Å². The average molecular weight is 393 g/mol. The van der Waals surface area contributed by atoms with Crippen LogP contribution in [0.15, 0.2) is 65.8 Å². The van der Waals surface area contributed by atoms with Crippen LogP contribution in [0.2, 0.25) is 0 Å². The smallest absolute Gasteiger partial charge is 0.410 e. The van der Waals surface area contributed by atoms with Crippen LogP contribution in [0.1, 0.15) is 30.9 Å². The Kier molecular flexibility index (Phi) is 7.50. The third-order valence-corrected chi connectivity index (χ3v) is 5.02. The van der Waals surface area contributed by atoms with Crippen molar-refractivity contribution < 1.29 is 14.3 Å². The first-order valence-electron chi connectivity index (χ1n) is 9.71. The molecule has 1 aliphatic rings. The fourth-order valence-electron chi connectivity index (χ4n) is 3.33. The number of amides is 1. The zero-order valence-electron chi connectivity index (χ0n) is 16.4. The fraction of sp³-hybridized carbons (Fsp3) is 0.364. The summed E-state index contributed by atoms with van der Waals surface area (Å²) in [6.45, 7) is 4.17. The van der Waals surface area contributed by atoms with Crippen LogP contribution in [-0.2, 0) is 22.6 Å². The number of carbonyl (C=O) groups excluding carboxylic acids is 1. The fourth-order valence-corrected chi connectivity index (χ4v) is 3.33. The molecule has 0 saturated carbocycles. The van der Waals surface area contributed by atoms with Gasteiger partial charge in [-0.2, -0.15) is 0 Å². The molecular formula is C22H25N4O3. The molecule has 1 radical (unpaired) electrons. The summed E-state index contributed by atoms with van der Waals surface area (Å²) in [7, 11) is 0. The van der Waals surface area contributed by atoms with E-state index in [1.807, 2.05) is 67.6 Å². The van der Waals surface area contributed by atoms with Crippen LogP contribution >= 0.6 is 0 Å². The van der Waals surface area contributed by atoms with Gasteiger partial charge in [0.25, 0.3) is 0 Å². The van der Waals surface area contributed by atoms with E-state index in [1.54, 1.807) is 11.5 Å². The number of ether oxygens (including phenoxy) is 2. The van der Waals surface area contributed by atoms with Gasteiger partial charge in [0.15, 0.2) is 0 Å². The Balaban J connectivity index is 1.68. The molecule has 7 heteroatoms. The minimum absolute atomic E-state index is 0.187. The maximum absolute atomic E-state index is 12.9. The Bertz CT molecular complexity index is 816. The molecule has 2 aromatic rings. The largest absolute Gasteiger partial charge is 0.445 e. The van der Waals surface area contributed by atoms with E-state index in [9.17, 15) is 4.79 Å². The molecule has 0 aliphatic carbocycles. The molecule has 151 valence electrons. The highest BCUT2D eigenvalue weighted by molar-refractivity contribution is 5.68. The van der Waals surface area contributed by atoms with Crippen LogP contribution in [0.3, 0.4) is 0 Å². The second-order valence-electron chi connectivity index (χ2n) is 7.05. The summed E-state index contributed by atoms with van der Waals surface area (Å²) in [5, 5.41) is 3.68. The molecular weight excluding hydrogens is 368 g/mol. The molecule has 2 aromatic carbocycles. The molecule has 1 aliphatic heterocycles. The Morgan fingerprint density at radius 3 is 2.41 bits per heavy atom. The maximum atomic E-state index is 12.9. The molecule has 0 unspecified atom stereocenters. The van der Waals surface area contributed by atoms with E-state index in [4.69, 9.17) is 15.0 Å². The Morgan fingerprint density at radius 1 is 1.17 bits per heavy atom. The summed E-state index contributed by atoms with van der Waals surface area (Å²) in [6.07, 6.45) is 0.815. The molecule has 29 heavy (non-hydrogen) atoms. The number of nitrogens with zero attached hydrogens (tertiary/aromatic N) is 4. The molecule has 0 N–H and O–H groups in total. The van der Waals surface area contributed by atoms with E-state index in [2.05, 4.69) is 10.0 Å². The monoisotopic (exact) mass is 393 g/mol. The topological polar surface area (TPSA) is 87.5 Å². The third-order valence-electron chi connectivity index (χ3n) is 5.02. The van der Waals surface area contributed by atoms with Crippen LogP contribution in [0.25, 0.3) is 10.4 Å². The molecule has 7 nitrogen and oxygen atoms in total. The van der Waals surface area contributed by atoms with Crippen molar-refractivity contribution in [1.82, 2.24) is 4.90 Å². The Labute approximate surface area is 170 Å². The molecule has 3 rings (SSSR count). The number of benzene rings is 2. The minimum Gasteiger partial charge on any atom is -0.445 e. The van der Waals surface area contributed by atoms with Crippen LogP contribution < -0.4 is 0 Å². The van der Waals surface area contributed by atoms with E-state index in [1.165, 1.54) is 0 Å². The predicted octanol–water partition coefficient (Wildman–Crippen LogP) is 5.23. The number of rotatable bonds is 7. The molecule has 1 fully saturated rings. The number of hydrogen-bond donors (Lipinski definition) is 0. The van der Waals surface area contributed by atoms with Gasteiger partial charge in [0.1, 0.15) is 6.61 Å². The lowest BCUT2D eigenvalue weighted by molar-refractivity contribution is -0.0131. The van der Waals surface area contributed by atoms with E-state index < -0.39 is 0 Å². The van der Waals surface area contributed by atoms with Gasteiger partial charge in [-0.25, -0.2) is 4.79 Å². The number of azide groups is 1. The zero-order chi connectivity index (χ0) is 20.5. The van der Waals surface area contributed by atoms with Crippen LogP contribution in [0.4, 0.5) is 4.79 Å². The highest BCUT2D eigenvalue weighted by atomic mass is 16.6. The van der Waals surface area contributed by atoms with Gasteiger partial charge >= 0.3 is 6.09 Å². The average Bonchev–Trinajstić information content (AvgIpc) is 2.77. The summed E-state index contributed by atoms with van der Waals surface area (Å²) in [6, 6.07) is 18.9. The zero-order valence-corrected chi connectivity index (χ0v) is 16.4. The minimum atomic E-state index is -0.383.